The molecule has 6 heteroatoms. The van der Waals surface area contributed by atoms with Gasteiger partial charge in [0, 0.05) is 18.0 Å². The third kappa shape index (κ3) is 3.21. The van der Waals surface area contributed by atoms with Crippen molar-refractivity contribution in [2.24, 2.45) is 5.92 Å². The lowest BCUT2D eigenvalue weighted by atomic mass is 10.2. The highest BCUT2D eigenvalue weighted by molar-refractivity contribution is 7.89. The molecular formula is C13H15NO4S. The van der Waals surface area contributed by atoms with Gasteiger partial charge >= 0.3 is 5.63 Å². The molecule has 0 amide bonds. The average Bonchev–Trinajstić information content (AvgIpc) is 2.36. The SMILES string of the molecule is CC(C)CNS(=O)(=O)c1ccc2oc(=O)ccc2c1. The van der Waals surface area contributed by atoms with Gasteiger partial charge in [-0.05, 0) is 30.2 Å². The van der Waals surface area contributed by atoms with Crippen LogP contribution >= 0.6 is 0 Å². The average molecular weight is 281 g/mol. The number of fused-ring (bicyclic) bond motifs is 1. The molecule has 0 aliphatic heterocycles. The molecule has 0 spiro atoms. The molecule has 1 aromatic carbocycles. The molecule has 1 aromatic heterocycles. The third-order valence-electron chi connectivity index (χ3n) is 2.58. The van der Waals surface area contributed by atoms with Gasteiger partial charge in [0.1, 0.15) is 5.58 Å². The van der Waals surface area contributed by atoms with Crippen molar-refractivity contribution in [3.8, 4) is 0 Å². The lowest BCUT2D eigenvalue weighted by Gasteiger charge is -2.09. The third-order valence-corrected chi connectivity index (χ3v) is 4.00. The molecular weight excluding hydrogens is 266 g/mol. The Balaban J connectivity index is 2.40. The van der Waals surface area contributed by atoms with Crippen molar-refractivity contribution in [1.29, 1.82) is 0 Å². The Hall–Kier alpha value is -1.66. The van der Waals surface area contributed by atoms with Gasteiger partial charge < -0.3 is 4.42 Å². The molecule has 0 saturated heterocycles. The van der Waals surface area contributed by atoms with E-state index in [-0.39, 0.29) is 10.8 Å². The highest BCUT2D eigenvalue weighted by Gasteiger charge is 2.14. The first-order chi connectivity index (χ1) is 8.88. The molecule has 102 valence electrons. The molecule has 5 nitrogen and oxygen atoms in total. The van der Waals surface area contributed by atoms with Crippen LogP contribution in [-0.4, -0.2) is 15.0 Å². The van der Waals surface area contributed by atoms with Gasteiger partial charge in [0.25, 0.3) is 0 Å². The number of hydrogen-bond acceptors (Lipinski definition) is 4. The van der Waals surface area contributed by atoms with Crippen LogP contribution < -0.4 is 10.3 Å². The summed E-state index contributed by atoms with van der Waals surface area (Å²) in [5.41, 5.74) is -0.0867. The predicted octanol–water partition coefficient (Wildman–Crippen LogP) is 1.73. The van der Waals surface area contributed by atoms with Crippen molar-refractivity contribution in [3.05, 3.63) is 40.8 Å². The van der Waals surface area contributed by atoms with E-state index in [1.807, 2.05) is 13.8 Å². The number of sulfonamides is 1. The molecule has 0 unspecified atom stereocenters. The van der Waals surface area contributed by atoms with Gasteiger partial charge in [-0.2, -0.15) is 0 Å². The number of hydrogen-bond donors (Lipinski definition) is 1. The molecule has 2 rings (SSSR count). The Morgan fingerprint density at radius 2 is 1.95 bits per heavy atom. The lowest BCUT2D eigenvalue weighted by Crippen LogP contribution is -2.27. The first kappa shape index (κ1) is 13.8. The summed E-state index contributed by atoms with van der Waals surface area (Å²) in [6, 6.07) is 7.21. The fourth-order valence-electron chi connectivity index (χ4n) is 1.58. The van der Waals surface area contributed by atoms with E-state index in [2.05, 4.69) is 4.72 Å². The van der Waals surface area contributed by atoms with E-state index in [9.17, 15) is 13.2 Å². The zero-order chi connectivity index (χ0) is 14.0. The fourth-order valence-corrected chi connectivity index (χ4v) is 2.83. The summed E-state index contributed by atoms with van der Waals surface area (Å²) in [5.74, 6) is 0.230. The van der Waals surface area contributed by atoms with Gasteiger partial charge in [-0.15, -0.1) is 0 Å². The summed E-state index contributed by atoms with van der Waals surface area (Å²) in [6.45, 7) is 4.24. The summed E-state index contributed by atoms with van der Waals surface area (Å²) in [5, 5.41) is 0.576. The van der Waals surface area contributed by atoms with Gasteiger partial charge in [-0.3, -0.25) is 0 Å². The molecule has 2 aromatic rings. The standard InChI is InChI=1S/C13H15NO4S/c1-9(2)8-14-19(16,17)11-4-5-12-10(7-11)3-6-13(15)18-12/h3-7,9,14H,8H2,1-2H3. The van der Waals surface area contributed by atoms with E-state index in [0.29, 0.717) is 17.5 Å². The molecule has 0 fully saturated rings. The second-order valence-corrected chi connectivity index (χ2v) is 6.47. The first-order valence-corrected chi connectivity index (χ1v) is 7.40. The molecule has 0 aliphatic carbocycles. The maximum atomic E-state index is 12.0. The van der Waals surface area contributed by atoms with Crippen LogP contribution in [0.4, 0.5) is 0 Å². The summed E-state index contributed by atoms with van der Waals surface area (Å²) in [6.07, 6.45) is 0. The van der Waals surface area contributed by atoms with E-state index >= 15 is 0 Å². The Morgan fingerprint density at radius 1 is 1.21 bits per heavy atom. The van der Waals surface area contributed by atoms with Crippen LogP contribution in [-0.2, 0) is 10.0 Å². The second-order valence-electron chi connectivity index (χ2n) is 4.70. The summed E-state index contributed by atoms with van der Waals surface area (Å²) >= 11 is 0. The highest BCUT2D eigenvalue weighted by Crippen LogP contribution is 2.17. The summed E-state index contributed by atoms with van der Waals surface area (Å²) in [7, 11) is -3.53. The van der Waals surface area contributed by atoms with E-state index in [0.717, 1.165) is 0 Å². The number of rotatable bonds is 4. The van der Waals surface area contributed by atoms with Crippen molar-refractivity contribution in [2.75, 3.05) is 6.54 Å². The van der Waals surface area contributed by atoms with Crippen molar-refractivity contribution < 1.29 is 12.8 Å². The second kappa shape index (κ2) is 5.14. The monoisotopic (exact) mass is 281 g/mol. The zero-order valence-corrected chi connectivity index (χ0v) is 11.5. The molecule has 19 heavy (non-hydrogen) atoms. The minimum Gasteiger partial charge on any atom is -0.423 e. The molecule has 0 radical (unpaired) electrons. The molecule has 0 atom stereocenters. The Morgan fingerprint density at radius 3 is 2.63 bits per heavy atom. The van der Waals surface area contributed by atoms with Crippen LogP contribution in [0.25, 0.3) is 11.0 Å². The van der Waals surface area contributed by atoms with Crippen molar-refractivity contribution in [1.82, 2.24) is 4.72 Å². The Bertz CT molecular complexity index is 747. The van der Waals surface area contributed by atoms with Gasteiger partial charge in [0.2, 0.25) is 10.0 Å². The topological polar surface area (TPSA) is 76.4 Å². The van der Waals surface area contributed by atoms with Crippen LogP contribution in [0.1, 0.15) is 13.8 Å². The molecule has 0 aliphatic rings. The van der Waals surface area contributed by atoms with Gasteiger partial charge in [-0.1, -0.05) is 13.8 Å². The smallest absolute Gasteiger partial charge is 0.336 e. The Kier molecular flexibility index (Phi) is 3.73. The summed E-state index contributed by atoms with van der Waals surface area (Å²) < 4.78 is 31.6. The maximum Gasteiger partial charge on any atom is 0.336 e. The van der Waals surface area contributed by atoms with Gasteiger partial charge in [0.15, 0.2) is 0 Å². The molecule has 0 bridgehead atoms. The minimum absolute atomic E-state index is 0.162. The quantitative estimate of drug-likeness (QED) is 0.866. The largest absolute Gasteiger partial charge is 0.423 e. The Labute approximate surface area is 111 Å². The molecule has 0 saturated carbocycles. The van der Waals surface area contributed by atoms with E-state index in [4.69, 9.17) is 4.42 Å². The van der Waals surface area contributed by atoms with Crippen molar-refractivity contribution in [2.45, 2.75) is 18.7 Å². The van der Waals surface area contributed by atoms with Crippen LogP contribution in [0, 0.1) is 5.92 Å². The summed E-state index contributed by atoms with van der Waals surface area (Å²) in [4.78, 5) is 11.2. The van der Waals surface area contributed by atoms with Crippen LogP contribution in [0.2, 0.25) is 0 Å². The van der Waals surface area contributed by atoms with Crippen molar-refractivity contribution in [3.63, 3.8) is 0 Å². The predicted molar refractivity (Wildman–Crippen MR) is 72.5 cm³/mol. The molecule has 1 heterocycles. The first-order valence-electron chi connectivity index (χ1n) is 5.92. The van der Waals surface area contributed by atoms with Crippen LogP contribution in [0.5, 0.6) is 0 Å². The maximum absolute atomic E-state index is 12.0. The van der Waals surface area contributed by atoms with E-state index < -0.39 is 15.6 Å². The number of benzene rings is 1. The van der Waals surface area contributed by atoms with Crippen LogP contribution in [0.15, 0.2) is 44.4 Å². The number of nitrogens with one attached hydrogen (secondary N) is 1. The van der Waals surface area contributed by atoms with Crippen molar-refractivity contribution >= 4 is 21.0 Å². The van der Waals surface area contributed by atoms with Gasteiger partial charge in [-0.25, -0.2) is 17.9 Å². The fraction of sp³-hybridized carbons (Fsp3) is 0.308. The van der Waals surface area contributed by atoms with Crippen LogP contribution in [0.3, 0.4) is 0 Å². The molecule has 1 N–H and O–H groups in total. The zero-order valence-electron chi connectivity index (χ0n) is 10.7. The van der Waals surface area contributed by atoms with E-state index in [1.54, 1.807) is 6.07 Å². The minimum atomic E-state index is -3.53. The van der Waals surface area contributed by atoms with E-state index in [1.165, 1.54) is 24.3 Å². The van der Waals surface area contributed by atoms with Gasteiger partial charge in [0.05, 0.1) is 4.90 Å². The normalized spacial score (nSPS) is 12.2. The highest BCUT2D eigenvalue weighted by atomic mass is 32.2. The lowest BCUT2D eigenvalue weighted by molar-refractivity contribution is 0.557.